The smallest absolute Gasteiger partial charge is 0.325 e. The van der Waals surface area contributed by atoms with Crippen LogP contribution in [0.2, 0.25) is 0 Å². The molecule has 0 rings (SSSR count). The van der Waals surface area contributed by atoms with Crippen LogP contribution in [0.3, 0.4) is 0 Å². The molecule has 0 saturated carbocycles. The van der Waals surface area contributed by atoms with E-state index in [4.69, 9.17) is 16.6 Å². The minimum Gasteiger partial charge on any atom is -0.480 e. The lowest BCUT2D eigenvalue weighted by Crippen LogP contribution is -2.60. The average molecular weight is 675 g/mol. The van der Waals surface area contributed by atoms with Gasteiger partial charge in [-0.1, -0.05) is 27.7 Å². The number of aliphatic carboxylic acids is 1. The van der Waals surface area contributed by atoms with E-state index in [1.165, 1.54) is 6.92 Å². The van der Waals surface area contributed by atoms with Gasteiger partial charge in [0.2, 0.25) is 41.4 Å². The molecular formula is C28H50N8O11. The van der Waals surface area contributed by atoms with Gasteiger partial charge in [0.25, 0.3) is 0 Å². The summed E-state index contributed by atoms with van der Waals surface area (Å²) in [5, 5.41) is 41.9. The molecule has 0 unspecified atom stereocenters. The van der Waals surface area contributed by atoms with Gasteiger partial charge in [0.05, 0.1) is 19.8 Å². The van der Waals surface area contributed by atoms with E-state index in [0.29, 0.717) is 0 Å². The number of carboxylic acid groups (broad SMARTS) is 1. The standard InChI is InChI=1S/C28H50N8O11/c1-13(2)8-18(34-23(41)16(29)11-37)25(43)35-19(9-14(3)4)26(44)36-20(12-38)27(45)33-17(6-7-21(30)39)24(42)31-10-22(40)32-15(5)28(46)47/h13-20,37-38H,6-12,29H2,1-5H3,(H2,30,39)(H,31,42)(H,32,40)(H,33,45)(H,34,41)(H,35,43)(H,36,44)(H,46,47)/t15-,16-,17-,18-,19-,20-/m0/s1. The molecular weight excluding hydrogens is 624 g/mol. The fraction of sp³-hybridized carbons (Fsp3) is 0.714. The third-order valence-corrected chi connectivity index (χ3v) is 6.51. The van der Waals surface area contributed by atoms with Crippen molar-refractivity contribution in [3.05, 3.63) is 0 Å². The molecule has 268 valence electrons. The van der Waals surface area contributed by atoms with Gasteiger partial charge >= 0.3 is 5.97 Å². The Kier molecular flexibility index (Phi) is 19.4. The summed E-state index contributed by atoms with van der Waals surface area (Å²) >= 11 is 0. The molecule has 0 aliphatic carbocycles. The van der Waals surface area contributed by atoms with Crippen LogP contribution in [0, 0.1) is 11.8 Å². The Morgan fingerprint density at radius 3 is 1.49 bits per heavy atom. The van der Waals surface area contributed by atoms with Crippen LogP contribution in [0.15, 0.2) is 0 Å². The second-order valence-corrected chi connectivity index (χ2v) is 11.8. The number of nitrogens with one attached hydrogen (secondary N) is 6. The van der Waals surface area contributed by atoms with Crippen molar-refractivity contribution in [1.29, 1.82) is 0 Å². The molecule has 0 aromatic rings. The molecule has 0 aliphatic rings. The molecule has 6 atom stereocenters. The summed E-state index contributed by atoms with van der Waals surface area (Å²) in [5.41, 5.74) is 10.7. The van der Waals surface area contributed by atoms with Gasteiger partial charge in [0.15, 0.2) is 0 Å². The summed E-state index contributed by atoms with van der Waals surface area (Å²) in [6.45, 7) is 6.07. The Hall–Kier alpha value is -4.36. The third-order valence-electron chi connectivity index (χ3n) is 6.51. The molecule has 0 radical (unpaired) electrons. The van der Waals surface area contributed by atoms with Crippen LogP contribution in [0.4, 0.5) is 0 Å². The molecule has 0 aliphatic heterocycles. The van der Waals surface area contributed by atoms with E-state index in [0.717, 1.165) is 0 Å². The number of aliphatic hydroxyl groups excluding tert-OH is 2. The van der Waals surface area contributed by atoms with E-state index in [1.54, 1.807) is 27.7 Å². The predicted molar refractivity (Wildman–Crippen MR) is 165 cm³/mol. The average Bonchev–Trinajstić information content (AvgIpc) is 2.98. The van der Waals surface area contributed by atoms with Crippen molar-refractivity contribution in [1.82, 2.24) is 31.9 Å². The molecule has 47 heavy (non-hydrogen) atoms. The maximum absolute atomic E-state index is 13.3. The number of rotatable bonds is 22. The largest absolute Gasteiger partial charge is 0.480 e. The number of carbonyl (C=O) groups is 8. The molecule has 0 aromatic heterocycles. The van der Waals surface area contributed by atoms with Crippen molar-refractivity contribution in [3.63, 3.8) is 0 Å². The SMILES string of the molecule is CC(C)C[C@H](NC(=O)[C@H](CC(C)C)NC(=O)[C@@H](N)CO)C(=O)N[C@@H](CO)C(=O)N[C@@H](CCC(N)=O)C(=O)NCC(=O)N[C@@H](C)C(=O)O. The Labute approximate surface area is 272 Å². The first-order chi connectivity index (χ1) is 21.8. The topological polar surface area (TPSA) is 321 Å². The van der Waals surface area contributed by atoms with Gasteiger partial charge in [-0.3, -0.25) is 38.4 Å². The Balaban J connectivity index is 5.76. The minimum atomic E-state index is -1.63. The summed E-state index contributed by atoms with van der Waals surface area (Å²) in [5.74, 6) is -7.55. The number of hydrogen-bond acceptors (Lipinski definition) is 11. The fourth-order valence-corrected chi connectivity index (χ4v) is 3.98. The van der Waals surface area contributed by atoms with Crippen LogP contribution < -0.4 is 43.4 Å². The summed E-state index contributed by atoms with van der Waals surface area (Å²) < 4.78 is 0. The van der Waals surface area contributed by atoms with Crippen LogP contribution in [0.5, 0.6) is 0 Å². The second-order valence-electron chi connectivity index (χ2n) is 11.8. The highest BCUT2D eigenvalue weighted by Gasteiger charge is 2.32. The van der Waals surface area contributed by atoms with Gasteiger partial charge in [-0.05, 0) is 38.0 Å². The lowest BCUT2D eigenvalue weighted by molar-refractivity contribution is -0.141. The normalized spacial score (nSPS) is 14.9. The van der Waals surface area contributed by atoms with Crippen LogP contribution in [-0.4, -0.2) is 119 Å². The van der Waals surface area contributed by atoms with Gasteiger partial charge in [0, 0.05) is 6.42 Å². The number of carbonyl (C=O) groups excluding carboxylic acids is 7. The number of nitrogens with two attached hydrogens (primary N) is 2. The van der Waals surface area contributed by atoms with Crippen molar-refractivity contribution >= 4 is 47.3 Å². The molecule has 0 bridgehead atoms. The highest BCUT2D eigenvalue weighted by molar-refractivity contribution is 5.96. The Bertz CT molecular complexity index is 1120. The summed E-state index contributed by atoms with van der Waals surface area (Å²) in [4.78, 5) is 98.7. The second kappa shape index (κ2) is 21.4. The first-order valence-electron chi connectivity index (χ1n) is 15.1. The molecule has 0 heterocycles. The molecule has 19 nitrogen and oxygen atoms in total. The van der Waals surface area contributed by atoms with Gasteiger partial charge in [-0.2, -0.15) is 0 Å². The van der Waals surface area contributed by atoms with Crippen LogP contribution in [0.25, 0.3) is 0 Å². The van der Waals surface area contributed by atoms with Crippen molar-refractivity contribution in [2.45, 2.75) is 96.6 Å². The van der Waals surface area contributed by atoms with E-state index in [1.807, 2.05) is 0 Å². The van der Waals surface area contributed by atoms with Crippen molar-refractivity contribution in [2.24, 2.45) is 23.3 Å². The third kappa shape index (κ3) is 17.2. The van der Waals surface area contributed by atoms with E-state index in [2.05, 4.69) is 31.9 Å². The fourth-order valence-electron chi connectivity index (χ4n) is 3.98. The zero-order valence-corrected chi connectivity index (χ0v) is 27.3. The highest BCUT2D eigenvalue weighted by Crippen LogP contribution is 2.10. The van der Waals surface area contributed by atoms with Crippen molar-refractivity contribution < 1.29 is 53.7 Å². The quantitative estimate of drug-likeness (QED) is 0.0516. The van der Waals surface area contributed by atoms with Crippen LogP contribution >= 0.6 is 0 Å². The van der Waals surface area contributed by atoms with E-state index in [-0.39, 0.29) is 37.5 Å². The minimum absolute atomic E-state index is 0.0707. The number of aliphatic hydroxyl groups is 2. The van der Waals surface area contributed by atoms with E-state index in [9.17, 15) is 48.6 Å². The molecule has 0 aromatic carbocycles. The van der Waals surface area contributed by atoms with E-state index < -0.39 is 103 Å². The number of hydrogen-bond donors (Lipinski definition) is 11. The summed E-state index contributed by atoms with van der Waals surface area (Å²) in [6, 6.07) is -7.95. The zero-order chi connectivity index (χ0) is 36.4. The first-order valence-corrected chi connectivity index (χ1v) is 15.1. The summed E-state index contributed by atoms with van der Waals surface area (Å²) in [7, 11) is 0. The maximum Gasteiger partial charge on any atom is 0.325 e. The first kappa shape index (κ1) is 42.6. The van der Waals surface area contributed by atoms with Gasteiger partial charge in [0.1, 0.15) is 36.3 Å². The van der Waals surface area contributed by atoms with Crippen LogP contribution in [0.1, 0.15) is 60.3 Å². The molecule has 0 spiro atoms. The van der Waals surface area contributed by atoms with Crippen molar-refractivity contribution in [3.8, 4) is 0 Å². The lowest BCUT2D eigenvalue weighted by atomic mass is 9.99. The van der Waals surface area contributed by atoms with Gasteiger partial charge in [-0.15, -0.1) is 0 Å². The molecule has 13 N–H and O–H groups in total. The number of amides is 7. The van der Waals surface area contributed by atoms with Gasteiger partial charge < -0.3 is 58.7 Å². The Morgan fingerprint density at radius 1 is 0.617 bits per heavy atom. The molecule has 7 amide bonds. The monoisotopic (exact) mass is 674 g/mol. The molecule has 0 fully saturated rings. The van der Waals surface area contributed by atoms with Gasteiger partial charge in [-0.25, -0.2) is 0 Å². The Morgan fingerprint density at radius 2 is 1.06 bits per heavy atom. The summed E-state index contributed by atoms with van der Waals surface area (Å²) in [6.07, 6.45) is -0.428. The zero-order valence-electron chi connectivity index (χ0n) is 27.3. The number of carboxylic acids is 1. The highest BCUT2D eigenvalue weighted by atomic mass is 16.4. The predicted octanol–water partition coefficient (Wildman–Crippen LogP) is -4.70. The van der Waals surface area contributed by atoms with Crippen molar-refractivity contribution in [2.75, 3.05) is 19.8 Å². The lowest BCUT2D eigenvalue weighted by Gasteiger charge is -2.27. The maximum atomic E-state index is 13.3. The molecule has 19 heteroatoms. The van der Waals surface area contributed by atoms with E-state index >= 15 is 0 Å². The number of primary amides is 1. The van der Waals surface area contributed by atoms with Crippen LogP contribution in [-0.2, 0) is 38.4 Å². The molecule has 0 saturated heterocycles.